The number of hydrogen-bond acceptors (Lipinski definition) is 6. The second-order valence-electron chi connectivity index (χ2n) is 5.64. The highest BCUT2D eigenvalue weighted by Crippen LogP contribution is 2.07. The van der Waals surface area contributed by atoms with Crippen LogP contribution >= 0.6 is 0 Å². The van der Waals surface area contributed by atoms with Gasteiger partial charge in [0.15, 0.2) is 12.1 Å². The molecule has 0 bridgehead atoms. The topological polar surface area (TPSA) is 173 Å². The molecular weight excluding hydrogens is 348 g/mol. The molecule has 4 atom stereocenters. The summed E-state index contributed by atoms with van der Waals surface area (Å²) in [7, 11) is 0. The zero-order valence-corrected chi connectivity index (χ0v) is 14.0. The molecule has 10 nitrogen and oxygen atoms in total. The molecule has 0 radical (unpaired) electrons. The Morgan fingerprint density at radius 3 is 1.19 bits per heavy atom. The molecule has 0 saturated carbocycles. The van der Waals surface area contributed by atoms with Gasteiger partial charge in [-0.15, -0.1) is 0 Å². The number of hydrogen-bond donors (Lipinski definition) is 6. The average molecular weight is 368 g/mol. The molecule has 26 heavy (non-hydrogen) atoms. The van der Waals surface area contributed by atoms with E-state index in [1.165, 1.54) is 38.1 Å². The Morgan fingerprint density at radius 1 is 0.731 bits per heavy atom. The molecule has 1 aromatic rings. The number of carboxylic acids is 2. The first-order chi connectivity index (χ1) is 12.0. The molecule has 2 amide bonds. The number of rotatable bonds is 8. The summed E-state index contributed by atoms with van der Waals surface area (Å²) in [5.74, 6) is -4.33. The summed E-state index contributed by atoms with van der Waals surface area (Å²) in [5, 5.41) is 40.9. The van der Waals surface area contributed by atoms with Gasteiger partial charge < -0.3 is 31.1 Å². The zero-order chi connectivity index (χ0) is 20.0. The van der Waals surface area contributed by atoms with E-state index in [-0.39, 0.29) is 11.1 Å². The molecular formula is C16H20N2O8. The van der Waals surface area contributed by atoms with Crippen LogP contribution in [0.1, 0.15) is 34.6 Å². The van der Waals surface area contributed by atoms with Gasteiger partial charge >= 0.3 is 11.9 Å². The molecule has 6 N–H and O–H groups in total. The largest absolute Gasteiger partial charge is 0.480 e. The van der Waals surface area contributed by atoms with Gasteiger partial charge in [0.1, 0.15) is 0 Å². The van der Waals surface area contributed by atoms with Crippen molar-refractivity contribution in [1.82, 2.24) is 10.6 Å². The van der Waals surface area contributed by atoms with Crippen LogP contribution in [0.3, 0.4) is 0 Å². The fraction of sp³-hybridized carbons (Fsp3) is 0.375. The maximum Gasteiger partial charge on any atom is 0.328 e. The van der Waals surface area contributed by atoms with Crippen LogP contribution < -0.4 is 10.6 Å². The van der Waals surface area contributed by atoms with Crippen LogP contribution in [0, 0.1) is 0 Å². The highest BCUT2D eigenvalue weighted by Gasteiger charge is 2.27. The summed E-state index contributed by atoms with van der Waals surface area (Å²) < 4.78 is 0. The normalized spacial score (nSPS) is 15.2. The van der Waals surface area contributed by atoms with Crippen LogP contribution in [0.15, 0.2) is 24.3 Å². The van der Waals surface area contributed by atoms with Crippen molar-refractivity contribution in [3.05, 3.63) is 35.4 Å². The third-order valence-corrected chi connectivity index (χ3v) is 3.48. The number of aliphatic hydroxyl groups excluding tert-OH is 2. The van der Waals surface area contributed by atoms with E-state index in [1.807, 2.05) is 0 Å². The lowest BCUT2D eigenvalue weighted by molar-refractivity contribution is -0.142. The van der Waals surface area contributed by atoms with Gasteiger partial charge in [-0.05, 0) is 38.1 Å². The van der Waals surface area contributed by atoms with Crippen molar-refractivity contribution in [2.24, 2.45) is 0 Å². The molecule has 0 saturated heterocycles. The first-order valence-corrected chi connectivity index (χ1v) is 7.58. The Balaban J connectivity index is 2.84. The molecule has 0 aliphatic rings. The number of aliphatic hydroxyl groups is 2. The highest BCUT2D eigenvalue weighted by atomic mass is 16.4. The zero-order valence-electron chi connectivity index (χ0n) is 14.0. The quantitative estimate of drug-likeness (QED) is 0.332. The van der Waals surface area contributed by atoms with Gasteiger partial charge in [-0.3, -0.25) is 9.59 Å². The van der Waals surface area contributed by atoms with Gasteiger partial charge in [0.25, 0.3) is 11.8 Å². The Bertz CT molecular complexity index is 625. The lowest BCUT2D eigenvalue weighted by Gasteiger charge is -2.18. The Labute approximate surface area is 148 Å². The van der Waals surface area contributed by atoms with Gasteiger partial charge in [-0.2, -0.15) is 0 Å². The van der Waals surface area contributed by atoms with Crippen LogP contribution in [0.2, 0.25) is 0 Å². The standard InChI is InChI=1S/C16H20N2O8/c1-7(19)11(15(23)24)17-13(21)9-3-5-10(6-4-9)14(22)18-12(8(2)20)16(25)26/h3-8,11-12,19-20H,1-2H3,(H,17,21)(H,18,22)(H,23,24)(H,25,26)/t7-,8+,11+,12-. The van der Waals surface area contributed by atoms with Crippen molar-refractivity contribution in [3.8, 4) is 0 Å². The van der Waals surface area contributed by atoms with E-state index < -0.39 is 48.0 Å². The monoisotopic (exact) mass is 368 g/mol. The van der Waals surface area contributed by atoms with Gasteiger partial charge in [0.2, 0.25) is 0 Å². The minimum Gasteiger partial charge on any atom is -0.480 e. The minimum absolute atomic E-state index is 0.0405. The number of benzene rings is 1. The lowest BCUT2D eigenvalue weighted by Crippen LogP contribution is -2.48. The highest BCUT2D eigenvalue weighted by molar-refractivity contribution is 6.00. The third kappa shape index (κ3) is 5.53. The molecule has 0 heterocycles. The molecule has 142 valence electrons. The second-order valence-corrected chi connectivity index (χ2v) is 5.64. The fourth-order valence-electron chi connectivity index (χ4n) is 2.00. The first kappa shape index (κ1) is 21.1. The van der Waals surface area contributed by atoms with Crippen molar-refractivity contribution >= 4 is 23.8 Å². The Kier molecular flexibility index (Phi) is 7.23. The van der Waals surface area contributed by atoms with Crippen molar-refractivity contribution in [1.29, 1.82) is 0 Å². The van der Waals surface area contributed by atoms with Crippen LogP contribution in [-0.2, 0) is 9.59 Å². The Morgan fingerprint density at radius 2 is 1.00 bits per heavy atom. The average Bonchev–Trinajstić information content (AvgIpc) is 2.55. The summed E-state index contributed by atoms with van der Waals surface area (Å²) in [4.78, 5) is 45.9. The predicted octanol–water partition coefficient (Wildman–Crippen LogP) is -1.19. The van der Waals surface area contributed by atoms with Gasteiger partial charge in [0.05, 0.1) is 12.2 Å². The fourth-order valence-corrected chi connectivity index (χ4v) is 2.00. The molecule has 0 unspecified atom stereocenters. The number of carboxylic acid groups (broad SMARTS) is 2. The van der Waals surface area contributed by atoms with Crippen molar-refractivity contribution in [3.63, 3.8) is 0 Å². The summed E-state index contributed by atoms with van der Waals surface area (Å²) >= 11 is 0. The minimum atomic E-state index is -1.49. The van der Waals surface area contributed by atoms with Crippen LogP contribution in [0.5, 0.6) is 0 Å². The number of carbonyl (C=O) groups excluding carboxylic acids is 2. The van der Waals surface area contributed by atoms with Gasteiger partial charge in [0, 0.05) is 11.1 Å². The molecule has 0 aliphatic carbocycles. The smallest absolute Gasteiger partial charge is 0.328 e. The predicted molar refractivity (Wildman–Crippen MR) is 87.6 cm³/mol. The maximum atomic E-state index is 12.0. The van der Waals surface area contributed by atoms with Crippen molar-refractivity contribution in [2.75, 3.05) is 0 Å². The van der Waals surface area contributed by atoms with Gasteiger partial charge in [-0.1, -0.05) is 0 Å². The van der Waals surface area contributed by atoms with Crippen LogP contribution in [0.25, 0.3) is 0 Å². The molecule has 0 spiro atoms. The molecule has 1 aromatic carbocycles. The lowest BCUT2D eigenvalue weighted by atomic mass is 10.1. The van der Waals surface area contributed by atoms with Gasteiger partial charge in [-0.25, -0.2) is 9.59 Å². The van der Waals surface area contributed by atoms with E-state index in [2.05, 4.69) is 10.6 Å². The molecule has 0 fully saturated rings. The van der Waals surface area contributed by atoms with E-state index in [0.29, 0.717) is 0 Å². The number of amides is 2. The van der Waals surface area contributed by atoms with E-state index >= 15 is 0 Å². The second kappa shape index (κ2) is 8.92. The SMILES string of the molecule is C[C@H](O)[C@@H](NC(=O)c1ccc(C(=O)N[C@H](C(=O)O)[C@@H](C)O)cc1)C(=O)O. The van der Waals surface area contributed by atoms with Crippen LogP contribution in [0.4, 0.5) is 0 Å². The number of carbonyl (C=O) groups is 4. The molecule has 0 aliphatic heterocycles. The van der Waals surface area contributed by atoms with E-state index in [4.69, 9.17) is 10.2 Å². The molecule has 0 aromatic heterocycles. The van der Waals surface area contributed by atoms with Crippen LogP contribution in [-0.4, -0.2) is 68.5 Å². The Hall–Kier alpha value is -2.98. The first-order valence-electron chi connectivity index (χ1n) is 7.58. The third-order valence-electron chi connectivity index (χ3n) is 3.48. The van der Waals surface area contributed by atoms with E-state index in [1.54, 1.807) is 0 Å². The maximum absolute atomic E-state index is 12.0. The van der Waals surface area contributed by atoms with E-state index in [0.717, 1.165) is 0 Å². The van der Waals surface area contributed by atoms with E-state index in [9.17, 15) is 29.4 Å². The molecule has 10 heteroatoms. The number of aliphatic carboxylic acids is 2. The number of nitrogens with one attached hydrogen (secondary N) is 2. The summed E-state index contributed by atoms with van der Waals surface area (Å²) in [6.45, 7) is 2.43. The molecule has 1 rings (SSSR count). The van der Waals surface area contributed by atoms with Crippen molar-refractivity contribution < 1.29 is 39.6 Å². The summed E-state index contributed by atoms with van der Waals surface area (Å²) in [6, 6.07) is 1.97. The summed E-state index contributed by atoms with van der Waals surface area (Å²) in [6.07, 6.45) is -2.62. The van der Waals surface area contributed by atoms with Crippen molar-refractivity contribution in [2.45, 2.75) is 38.1 Å². The summed E-state index contributed by atoms with van der Waals surface area (Å²) in [5.41, 5.74) is 0.0810.